The smallest absolute Gasteiger partial charge is 0.170 e. The topological polar surface area (TPSA) is 52.3 Å². The van der Waals surface area contributed by atoms with Crippen LogP contribution >= 0.6 is 0 Å². The second-order valence-corrected chi connectivity index (χ2v) is 4.98. The van der Waals surface area contributed by atoms with Gasteiger partial charge in [-0.1, -0.05) is 25.1 Å². The average molecular weight is 247 g/mol. The Balaban J connectivity index is 2.27. The summed E-state index contributed by atoms with van der Waals surface area (Å²) in [7, 11) is 0. The summed E-state index contributed by atoms with van der Waals surface area (Å²) in [5.74, 6) is 0.184. The molecule has 0 unspecified atom stereocenters. The summed E-state index contributed by atoms with van der Waals surface area (Å²) in [6.45, 7) is 3.77. The molecule has 0 atom stereocenters. The van der Waals surface area contributed by atoms with E-state index < -0.39 is 5.41 Å². The molecule has 0 aliphatic carbocycles. The van der Waals surface area contributed by atoms with Crippen LogP contribution in [0.25, 0.3) is 0 Å². The third kappa shape index (κ3) is 2.47. The minimum atomic E-state index is -0.412. The molecule has 18 heavy (non-hydrogen) atoms. The quantitative estimate of drug-likeness (QED) is 0.830. The van der Waals surface area contributed by atoms with Crippen LogP contribution in [0.3, 0.4) is 0 Å². The van der Waals surface area contributed by atoms with Gasteiger partial charge in [0, 0.05) is 25.3 Å². The van der Waals surface area contributed by atoms with Gasteiger partial charge in [0.25, 0.3) is 0 Å². The van der Waals surface area contributed by atoms with Crippen molar-refractivity contribution >= 4 is 5.78 Å². The first-order valence-corrected chi connectivity index (χ1v) is 6.63. The summed E-state index contributed by atoms with van der Waals surface area (Å²) < 4.78 is 5.35. The molecule has 1 saturated heterocycles. The van der Waals surface area contributed by atoms with Gasteiger partial charge in [-0.15, -0.1) is 0 Å². The van der Waals surface area contributed by atoms with Gasteiger partial charge in [-0.2, -0.15) is 0 Å². The zero-order chi connectivity index (χ0) is 13.0. The SMILES string of the molecule is CCc1cccc(C(=O)C2(CN)CCOCC2)c1. The second-order valence-electron chi connectivity index (χ2n) is 4.98. The molecule has 1 aromatic rings. The van der Waals surface area contributed by atoms with Gasteiger partial charge in [0.2, 0.25) is 0 Å². The Morgan fingerprint density at radius 3 is 2.72 bits per heavy atom. The number of nitrogens with two attached hydrogens (primary N) is 1. The van der Waals surface area contributed by atoms with Crippen LogP contribution < -0.4 is 5.73 Å². The van der Waals surface area contributed by atoms with Gasteiger partial charge in [-0.25, -0.2) is 0 Å². The highest BCUT2D eigenvalue weighted by molar-refractivity contribution is 6.01. The Bertz CT molecular complexity index is 422. The number of ether oxygens (including phenoxy) is 1. The number of rotatable bonds is 4. The van der Waals surface area contributed by atoms with Gasteiger partial charge in [0.15, 0.2) is 5.78 Å². The van der Waals surface area contributed by atoms with Crippen LogP contribution in [0.2, 0.25) is 0 Å². The highest BCUT2D eigenvalue weighted by Gasteiger charge is 2.39. The Kier molecular flexibility index (Phi) is 4.15. The van der Waals surface area contributed by atoms with Gasteiger partial charge in [0.05, 0.1) is 5.41 Å². The third-order valence-corrected chi connectivity index (χ3v) is 3.92. The Morgan fingerprint density at radius 1 is 1.39 bits per heavy atom. The average Bonchev–Trinajstić information content (AvgIpc) is 2.47. The highest BCUT2D eigenvalue weighted by Crippen LogP contribution is 2.33. The molecule has 1 fully saturated rings. The van der Waals surface area contributed by atoms with E-state index in [1.165, 1.54) is 5.56 Å². The van der Waals surface area contributed by atoms with E-state index in [0.29, 0.717) is 19.8 Å². The van der Waals surface area contributed by atoms with Crippen molar-refractivity contribution in [2.75, 3.05) is 19.8 Å². The lowest BCUT2D eigenvalue weighted by Gasteiger charge is -2.34. The maximum Gasteiger partial charge on any atom is 0.170 e. The molecule has 98 valence electrons. The summed E-state index contributed by atoms with van der Waals surface area (Å²) in [6.07, 6.45) is 2.41. The summed E-state index contributed by atoms with van der Waals surface area (Å²) in [6, 6.07) is 7.90. The lowest BCUT2D eigenvalue weighted by atomic mass is 9.74. The van der Waals surface area contributed by atoms with Crippen molar-refractivity contribution in [2.45, 2.75) is 26.2 Å². The van der Waals surface area contributed by atoms with E-state index in [0.717, 1.165) is 24.8 Å². The molecule has 3 nitrogen and oxygen atoms in total. The molecule has 2 N–H and O–H groups in total. The van der Waals surface area contributed by atoms with Gasteiger partial charge >= 0.3 is 0 Å². The predicted octanol–water partition coefficient (Wildman–Crippen LogP) is 2.19. The molecule has 0 aromatic heterocycles. The molecule has 1 aliphatic rings. The first kappa shape index (κ1) is 13.2. The van der Waals surface area contributed by atoms with Gasteiger partial charge in [0.1, 0.15) is 0 Å². The number of carbonyl (C=O) groups is 1. The Hall–Kier alpha value is -1.19. The number of hydrogen-bond donors (Lipinski definition) is 1. The van der Waals surface area contributed by atoms with Crippen molar-refractivity contribution in [3.63, 3.8) is 0 Å². The standard InChI is InChI=1S/C15H21NO2/c1-2-12-4-3-5-13(10-12)14(17)15(11-16)6-8-18-9-7-15/h3-5,10H,2,6-9,11,16H2,1H3. The van der Waals surface area contributed by atoms with Gasteiger partial charge < -0.3 is 10.5 Å². The van der Waals surface area contributed by atoms with Gasteiger partial charge in [-0.3, -0.25) is 4.79 Å². The maximum atomic E-state index is 12.7. The number of carbonyl (C=O) groups excluding carboxylic acids is 1. The van der Waals surface area contributed by atoms with E-state index >= 15 is 0 Å². The zero-order valence-corrected chi connectivity index (χ0v) is 10.9. The lowest BCUT2D eigenvalue weighted by Crippen LogP contribution is -2.43. The fourth-order valence-corrected chi connectivity index (χ4v) is 2.52. The minimum Gasteiger partial charge on any atom is -0.381 e. The molecule has 0 amide bonds. The van der Waals surface area contributed by atoms with Crippen molar-refractivity contribution < 1.29 is 9.53 Å². The molecule has 0 saturated carbocycles. The van der Waals surface area contributed by atoms with Crippen LogP contribution in [0, 0.1) is 5.41 Å². The van der Waals surface area contributed by atoms with Crippen molar-refractivity contribution in [2.24, 2.45) is 11.1 Å². The van der Waals surface area contributed by atoms with E-state index in [1.807, 2.05) is 18.2 Å². The van der Waals surface area contributed by atoms with Crippen molar-refractivity contribution in [3.8, 4) is 0 Å². The zero-order valence-electron chi connectivity index (χ0n) is 10.9. The van der Waals surface area contributed by atoms with Crippen molar-refractivity contribution in [1.82, 2.24) is 0 Å². The molecule has 0 radical (unpaired) electrons. The largest absolute Gasteiger partial charge is 0.381 e. The fraction of sp³-hybridized carbons (Fsp3) is 0.533. The number of Topliss-reactive ketones (excluding diaryl/α,β-unsaturated/α-hetero) is 1. The van der Waals surface area contributed by atoms with Crippen molar-refractivity contribution in [3.05, 3.63) is 35.4 Å². The number of hydrogen-bond acceptors (Lipinski definition) is 3. The summed E-state index contributed by atoms with van der Waals surface area (Å²) in [5, 5.41) is 0. The normalized spacial score (nSPS) is 18.6. The van der Waals surface area contributed by atoms with Crippen LogP contribution in [0.15, 0.2) is 24.3 Å². The van der Waals surface area contributed by atoms with Crippen LogP contribution in [0.5, 0.6) is 0 Å². The van der Waals surface area contributed by atoms with E-state index in [1.54, 1.807) is 0 Å². The monoisotopic (exact) mass is 247 g/mol. The van der Waals surface area contributed by atoms with E-state index in [9.17, 15) is 4.79 Å². The molecule has 1 aliphatic heterocycles. The molecular formula is C15H21NO2. The maximum absolute atomic E-state index is 12.7. The third-order valence-electron chi connectivity index (χ3n) is 3.92. The van der Waals surface area contributed by atoms with Crippen molar-refractivity contribution in [1.29, 1.82) is 0 Å². The number of aryl methyl sites for hydroxylation is 1. The summed E-state index contributed by atoms with van der Waals surface area (Å²) in [5.41, 5.74) is 7.45. The fourth-order valence-electron chi connectivity index (χ4n) is 2.52. The van der Waals surface area contributed by atoms with E-state index in [4.69, 9.17) is 10.5 Å². The Labute approximate surface area is 108 Å². The predicted molar refractivity (Wildman–Crippen MR) is 71.7 cm³/mol. The van der Waals surface area contributed by atoms with E-state index in [2.05, 4.69) is 13.0 Å². The molecule has 1 aromatic carbocycles. The summed E-state index contributed by atoms with van der Waals surface area (Å²) >= 11 is 0. The van der Waals surface area contributed by atoms with E-state index in [-0.39, 0.29) is 5.78 Å². The second kappa shape index (κ2) is 5.63. The Morgan fingerprint density at radius 2 is 2.11 bits per heavy atom. The first-order valence-electron chi connectivity index (χ1n) is 6.63. The number of benzene rings is 1. The highest BCUT2D eigenvalue weighted by atomic mass is 16.5. The molecule has 1 heterocycles. The van der Waals surface area contributed by atoms with Gasteiger partial charge in [-0.05, 0) is 30.9 Å². The first-order chi connectivity index (χ1) is 8.72. The molecule has 0 bridgehead atoms. The number of ketones is 1. The lowest BCUT2D eigenvalue weighted by molar-refractivity contribution is 0.0200. The molecule has 0 spiro atoms. The van der Waals surface area contributed by atoms with Crippen LogP contribution in [-0.4, -0.2) is 25.5 Å². The molecular weight excluding hydrogens is 226 g/mol. The molecule has 3 heteroatoms. The minimum absolute atomic E-state index is 0.184. The van der Waals surface area contributed by atoms with Crippen LogP contribution in [0.4, 0.5) is 0 Å². The summed E-state index contributed by atoms with van der Waals surface area (Å²) in [4.78, 5) is 12.7. The van der Waals surface area contributed by atoms with Crippen LogP contribution in [-0.2, 0) is 11.2 Å². The molecule has 2 rings (SSSR count). The van der Waals surface area contributed by atoms with Crippen LogP contribution in [0.1, 0.15) is 35.7 Å².